The molecule has 0 atom stereocenters. The summed E-state index contributed by atoms with van der Waals surface area (Å²) in [5.41, 5.74) is 2.82. The number of carboxylic acid groups (broad SMARTS) is 1. The zero-order valence-corrected chi connectivity index (χ0v) is 18.0. The van der Waals surface area contributed by atoms with Gasteiger partial charge in [-0.05, 0) is 53.6 Å². The van der Waals surface area contributed by atoms with E-state index in [2.05, 4.69) is 21.2 Å². The molecule has 3 aromatic rings. The van der Waals surface area contributed by atoms with Crippen molar-refractivity contribution in [2.45, 2.75) is 13.2 Å². The summed E-state index contributed by atoms with van der Waals surface area (Å²) in [6.07, 6.45) is 0. The van der Waals surface area contributed by atoms with Crippen molar-refractivity contribution in [1.82, 2.24) is 0 Å². The molecule has 0 saturated heterocycles. The van der Waals surface area contributed by atoms with E-state index in [1.807, 2.05) is 30.3 Å². The standard InChI is InChI=1S/C22H19BrClNO4/c1-28-20-10-15(12-25-18-4-2-3-16(11-18)22(26)27)9-19(24)21(20)29-13-14-5-7-17(23)8-6-14/h2-11,25H,12-13H2,1H3,(H,26,27). The van der Waals surface area contributed by atoms with Gasteiger partial charge in [0.2, 0.25) is 0 Å². The lowest BCUT2D eigenvalue weighted by Gasteiger charge is -2.15. The average Bonchev–Trinajstić information content (AvgIpc) is 2.72. The van der Waals surface area contributed by atoms with Gasteiger partial charge in [0.1, 0.15) is 6.61 Å². The van der Waals surface area contributed by atoms with E-state index in [9.17, 15) is 4.79 Å². The van der Waals surface area contributed by atoms with Crippen LogP contribution in [0.1, 0.15) is 21.5 Å². The van der Waals surface area contributed by atoms with Crippen molar-refractivity contribution < 1.29 is 19.4 Å². The molecule has 0 fully saturated rings. The van der Waals surface area contributed by atoms with E-state index in [1.54, 1.807) is 37.4 Å². The number of hydrogen-bond acceptors (Lipinski definition) is 4. The predicted molar refractivity (Wildman–Crippen MR) is 117 cm³/mol. The zero-order chi connectivity index (χ0) is 20.8. The summed E-state index contributed by atoms with van der Waals surface area (Å²) in [4.78, 5) is 11.1. The number of rotatable bonds is 8. The second-order valence-electron chi connectivity index (χ2n) is 6.26. The third-order valence-electron chi connectivity index (χ3n) is 4.19. The van der Waals surface area contributed by atoms with Crippen LogP contribution in [0.2, 0.25) is 5.02 Å². The molecule has 0 aromatic heterocycles. The molecule has 2 N–H and O–H groups in total. The van der Waals surface area contributed by atoms with Gasteiger partial charge in [-0.3, -0.25) is 0 Å². The molecule has 3 aromatic carbocycles. The molecule has 0 aliphatic rings. The number of nitrogens with one attached hydrogen (secondary N) is 1. The molecule has 0 aliphatic heterocycles. The Hall–Kier alpha value is -2.70. The molecule has 29 heavy (non-hydrogen) atoms. The number of carbonyl (C=O) groups is 1. The minimum Gasteiger partial charge on any atom is -0.493 e. The third-order valence-corrected chi connectivity index (χ3v) is 5.00. The number of hydrogen-bond donors (Lipinski definition) is 2. The fourth-order valence-electron chi connectivity index (χ4n) is 2.72. The van der Waals surface area contributed by atoms with Crippen LogP contribution in [0, 0.1) is 0 Å². The Morgan fingerprint density at radius 3 is 2.55 bits per heavy atom. The summed E-state index contributed by atoms with van der Waals surface area (Å²) < 4.78 is 12.3. The molecule has 0 spiro atoms. The Morgan fingerprint density at radius 1 is 1.10 bits per heavy atom. The summed E-state index contributed by atoms with van der Waals surface area (Å²) in [5.74, 6) is 0.0463. The van der Waals surface area contributed by atoms with E-state index in [4.69, 9.17) is 26.2 Å². The smallest absolute Gasteiger partial charge is 0.335 e. The first-order chi connectivity index (χ1) is 14.0. The number of methoxy groups -OCH3 is 1. The Balaban J connectivity index is 1.71. The van der Waals surface area contributed by atoms with Crippen molar-refractivity contribution in [3.63, 3.8) is 0 Å². The lowest BCUT2D eigenvalue weighted by molar-refractivity contribution is 0.0697. The molecule has 0 heterocycles. The molecule has 150 valence electrons. The van der Waals surface area contributed by atoms with Gasteiger partial charge in [-0.1, -0.05) is 45.7 Å². The van der Waals surface area contributed by atoms with E-state index >= 15 is 0 Å². The van der Waals surface area contributed by atoms with Crippen LogP contribution in [0.5, 0.6) is 11.5 Å². The van der Waals surface area contributed by atoms with Gasteiger partial charge in [0.25, 0.3) is 0 Å². The zero-order valence-electron chi connectivity index (χ0n) is 15.6. The monoisotopic (exact) mass is 475 g/mol. The van der Waals surface area contributed by atoms with E-state index in [0.29, 0.717) is 35.4 Å². The summed E-state index contributed by atoms with van der Waals surface area (Å²) in [7, 11) is 1.56. The Bertz CT molecular complexity index is 1010. The van der Waals surface area contributed by atoms with Crippen LogP contribution >= 0.6 is 27.5 Å². The van der Waals surface area contributed by atoms with Crippen LogP contribution in [0.25, 0.3) is 0 Å². The molecule has 0 aliphatic carbocycles. The maximum absolute atomic E-state index is 11.1. The van der Waals surface area contributed by atoms with Crippen LogP contribution < -0.4 is 14.8 Å². The van der Waals surface area contributed by atoms with E-state index in [0.717, 1.165) is 15.6 Å². The summed E-state index contributed by atoms with van der Waals surface area (Å²) in [5, 5.41) is 12.7. The van der Waals surface area contributed by atoms with Gasteiger partial charge >= 0.3 is 5.97 Å². The lowest BCUT2D eigenvalue weighted by Crippen LogP contribution is -2.04. The summed E-state index contributed by atoms with van der Waals surface area (Å²) in [6.45, 7) is 0.815. The average molecular weight is 477 g/mol. The summed E-state index contributed by atoms with van der Waals surface area (Å²) >= 11 is 9.84. The number of aromatic carboxylic acids is 1. The van der Waals surface area contributed by atoms with Gasteiger partial charge in [-0.25, -0.2) is 4.79 Å². The number of benzene rings is 3. The Morgan fingerprint density at radius 2 is 1.86 bits per heavy atom. The minimum absolute atomic E-state index is 0.224. The van der Waals surface area contributed by atoms with Gasteiger partial charge in [0.15, 0.2) is 11.5 Å². The highest BCUT2D eigenvalue weighted by Crippen LogP contribution is 2.37. The fraction of sp³-hybridized carbons (Fsp3) is 0.136. The fourth-order valence-corrected chi connectivity index (χ4v) is 3.27. The highest BCUT2D eigenvalue weighted by Gasteiger charge is 2.13. The van der Waals surface area contributed by atoms with Gasteiger partial charge in [0, 0.05) is 16.7 Å². The van der Waals surface area contributed by atoms with Crippen molar-refractivity contribution in [3.05, 3.63) is 86.8 Å². The van der Waals surface area contributed by atoms with Gasteiger partial charge < -0.3 is 19.9 Å². The van der Waals surface area contributed by atoms with E-state index in [1.165, 1.54) is 0 Å². The molecule has 0 bridgehead atoms. The Kier molecular flexibility index (Phi) is 7.01. The number of carboxylic acids is 1. The minimum atomic E-state index is -0.967. The van der Waals surface area contributed by atoms with Crippen LogP contribution in [0.3, 0.4) is 0 Å². The van der Waals surface area contributed by atoms with Crippen LogP contribution in [0.4, 0.5) is 5.69 Å². The first-order valence-electron chi connectivity index (χ1n) is 8.77. The second-order valence-corrected chi connectivity index (χ2v) is 7.59. The Labute approximate surface area is 182 Å². The molecule has 5 nitrogen and oxygen atoms in total. The van der Waals surface area contributed by atoms with Gasteiger partial charge in [0.05, 0.1) is 17.7 Å². The van der Waals surface area contributed by atoms with Crippen LogP contribution in [-0.4, -0.2) is 18.2 Å². The van der Waals surface area contributed by atoms with Crippen molar-refractivity contribution in [3.8, 4) is 11.5 Å². The molecule has 0 amide bonds. The van der Waals surface area contributed by atoms with Crippen molar-refractivity contribution in [1.29, 1.82) is 0 Å². The highest BCUT2D eigenvalue weighted by atomic mass is 79.9. The molecule has 0 radical (unpaired) electrons. The molecule has 3 rings (SSSR count). The van der Waals surface area contributed by atoms with Gasteiger partial charge in [-0.2, -0.15) is 0 Å². The number of ether oxygens (including phenoxy) is 2. The van der Waals surface area contributed by atoms with Crippen LogP contribution in [-0.2, 0) is 13.2 Å². The molecular formula is C22H19BrClNO4. The SMILES string of the molecule is COc1cc(CNc2cccc(C(=O)O)c2)cc(Cl)c1OCc1ccc(Br)cc1. The number of halogens is 2. The molecule has 7 heteroatoms. The van der Waals surface area contributed by atoms with Crippen molar-refractivity contribution in [2.24, 2.45) is 0 Å². The maximum atomic E-state index is 11.1. The second kappa shape index (κ2) is 9.67. The quantitative estimate of drug-likeness (QED) is 0.417. The molecular weight excluding hydrogens is 458 g/mol. The first kappa shape index (κ1) is 21.0. The largest absolute Gasteiger partial charge is 0.493 e. The van der Waals surface area contributed by atoms with Crippen LogP contribution in [0.15, 0.2) is 65.1 Å². The predicted octanol–water partition coefficient (Wildman–Crippen LogP) is 6.00. The summed E-state index contributed by atoms with van der Waals surface area (Å²) in [6, 6.07) is 18.1. The maximum Gasteiger partial charge on any atom is 0.335 e. The van der Waals surface area contributed by atoms with E-state index < -0.39 is 5.97 Å². The normalized spacial score (nSPS) is 10.4. The third kappa shape index (κ3) is 5.65. The molecule has 0 unspecified atom stereocenters. The van der Waals surface area contributed by atoms with E-state index in [-0.39, 0.29) is 5.56 Å². The highest BCUT2D eigenvalue weighted by molar-refractivity contribution is 9.10. The number of anilines is 1. The molecule has 0 saturated carbocycles. The van der Waals surface area contributed by atoms with Crippen molar-refractivity contribution >= 4 is 39.2 Å². The van der Waals surface area contributed by atoms with Gasteiger partial charge in [-0.15, -0.1) is 0 Å². The lowest BCUT2D eigenvalue weighted by atomic mass is 10.1. The topological polar surface area (TPSA) is 67.8 Å². The first-order valence-corrected chi connectivity index (χ1v) is 9.94. The van der Waals surface area contributed by atoms with Crippen molar-refractivity contribution in [2.75, 3.05) is 12.4 Å².